The first-order chi connectivity index (χ1) is 14.9. The first kappa shape index (κ1) is 27.0. The Bertz CT molecular complexity index is 886. The molecule has 1 atom stereocenters. The first-order valence-corrected chi connectivity index (χ1v) is 10.7. The number of esters is 2. The second-order valence-corrected chi connectivity index (χ2v) is 9.41. The van der Waals surface area contributed by atoms with Crippen LogP contribution in [0.3, 0.4) is 0 Å². The van der Waals surface area contributed by atoms with Crippen molar-refractivity contribution in [1.29, 1.82) is 5.26 Å². The largest absolute Gasteiger partial charge is 0.497 e. The van der Waals surface area contributed by atoms with E-state index in [4.69, 9.17) is 14.2 Å². The molecule has 0 amide bonds. The predicted molar refractivity (Wildman–Crippen MR) is 125 cm³/mol. The summed E-state index contributed by atoms with van der Waals surface area (Å²) in [5, 5.41) is 9.24. The molecule has 1 rings (SSSR count). The molecule has 174 valence electrons. The Morgan fingerprint density at radius 2 is 1.78 bits per heavy atom. The van der Waals surface area contributed by atoms with Gasteiger partial charge < -0.3 is 14.2 Å². The van der Waals surface area contributed by atoms with Crippen LogP contribution in [0.1, 0.15) is 53.5 Å². The minimum Gasteiger partial charge on any atom is -0.497 e. The number of carbonyl (C=O) groups excluding carboxylic acids is 2. The first-order valence-electron chi connectivity index (χ1n) is 10.7. The molecule has 0 N–H and O–H groups in total. The Kier molecular flexibility index (Phi) is 10.2. The quantitative estimate of drug-likeness (QED) is 0.160. The lowest BCUT2D eigenvalue weighted by molar-refractivity contribution is -0.163. The molecule has 0 aliphatic carbocycles. The molecule has 1 aromatic carbocycles. The highest BCUT2D eigenvalue weighted by atomic mass is 16.6. The van der Waals surface area contributed by atoms with E-state index < -0.39 is 11.4 Å². The highest BCUT2D eigenvalue weighted by molar-refractivity contribution is 5.93. The van der Waals surface area contributed by atoms with E-state index in [0.29, 0.717) is 12.2 Å². The Morgan fingerprint density at radius 3 is 2.34 bits per heavy atom. The summed E-state index contributed by atoms with van der Waals surface area (Å²) < 4.78 is 15.7. The zero-order valence-corrected chi connectivity index (χ0v) is 20.2. The zero-order valence-electron chi connectivity index (χ0n) is 20.2. The molecule has 0 aliphatic heterocycles. The highest BCUT2D eigenvalue weighted by Gasteiger charge is 2.41. The molecular weight excluding hydrogens is 406 g/mol. The average molecular weight is 442 g/mol. The number of benzene rings is 1. The van der Waals surface area contributed by atoms with Crippen molar-refractivity contribution < 1.29 is 23.8 Å². The summed E-state index contributed by atoms with van der Waals surface area (Å²) in [7, 11) is 1.58. The van der Waals surface area contributed by atoms with Crippen LogP contribution >= 0.6 is 0 Å². The lowest BCUT2D eigenvalue weighted by Gasteiger charge is -2.36. The highest BCUT2D eigenvalue weighted by Crippen LogP contribution is 2.40. The third-order valence-electron chi connectivity index (χ3n) is 5.17. The molecule has 0 fully saturated rings. The van der Waals surface area contributed by atoms with Crippen molar-refractivity contribution in [3.8, 4) is 11.8 Å². The molecule has 32 heavy (non-hydrogen) atoms. The normalized spacial score (nSPS) is 14.0. The second-order valence-electron chi connectivity index (χ2n) is 9.41. The standard InChI is InChI=1S/C26H35NO5/c1-19(2)26(6,18-25(3,4)5)24(29)32-15-14-31-23(28)21(17-27)12-8-10-20-11-9-13-22(16-20)30-7/h8-13,16,19H,14-15,18H2,1-7H3/b10-8+,21-12+. The maximum Gasteiger partial charge on any atom is 0.349 e. The summed E-state index contributed by atoms with van der Waals surface area (Å²) in [5.74, 6) is -0.265. The van der Waals surface area contributed by atoms with Crippen LogP contribution < -0.4 is 4.74 Å². The molecule has 0 radical (unpaired) electrons. The van der Waals surface area contributed by atoms with Gasteiger partial charge in [-0.1, -0.05) is 58.9 Å². The molecule has 6 nitrogen and oxygen atoms in total. The van der Waals surface area contributed by atoms with E-state index in [1.54, 1.807) is 19.3 Å². The molecule has 0 aromatic heterocycles. The zero-order chi connectivity index (χ0) is 24.4. The van der Waals surface area contributed by atoms with Crippen LogP contribution in [-0.4, -0.2) is 32.3 Å². The lowest BCUT2D eigenvalue weighted by atomic mass is 9.69. The van der Waals surface area contributed by atoms with Gasteiger partial charge in [0.25, 0.3) is 0 Å². The topological polar surface area (TPSA) is 85.6 Å². The van der Waals surface area contributed by atoms with Crippen LogP contribution in [0.4, 0.5) is 0 Å². The summed E-state index contributed by atoms with van der Waals surface area (Å²) in [6.45, 7) is 12.0. The smallest absolute Gasteiger partial charge is 0.349 e. The number of carbonyl (C=O) groups is 2. The Balaban J connectivity index is 2.62. The SMILES string of the molecule is COc1cccc(/C=C/C=C(\C#N)C(=O)OCCOC(=O)C(C)(CC(C)(C)C)C(C)C)c1. The minimum absolute atomic E-state index is 0.0323. The average Bonchev–Trinajstić information content (AvgIpc) is 2.72. The second kappa shape index (κ2) is 12.1. The molecule has 6 heteroatoms. The fraction of sp³-hybridized carbons (Fsp3) is 0.500. The van der Waals surface area contributed by atoms with Gasteiger partial charge in [-0.15, -0.1) is 0 Å². The van der Waals surface area contributed by atoms with E-state index in [-0.39, 0.29) is 36.1 Å². The minimum atomic E-state index is -0.764. The van der Waals surface area contributed by atoms with Gasteiger partial charge in [0.2, 0.25) is 0 Å². The number of ether oxygens (including phenoxy) is 3. The monoisotopic (exact) mass is 441 g/mol. The summed E-state index contributed by atoms with van der Waals surface area (Å²) in [6.07, 6.45) is 5.40. The molecule has 0 aliphatic rings. The number of rotatable bonds is 10. The van der Waals surface area contributed by atoms with Crippen LogP contribution in [0, 0.1) is 28.1 Å². The van der Waals surface area contributed by atoms with E-state index in [9.17, 15) is 14.9 Å². The Hall–Kier alpha value is -3.07. The fourth-order valence-electron chi connectivity index (χ4n) is 3.28. The van der Waals surface area contributed by atoms with Gasteiger partial charge in [0, 0.05) is 0 Å². The fourth-order valence-corrected chi connectivity index (χ4v) is 3.28. The Morgan fingerprint density at radius 1 is 1.12 bits per heavy atom. The van der Waals surface area contributed by atoms with Crippen molar-refractivity contribution in [3.63, 3.8) is 0 Å². The van der Waals surface area contributed by atoms with Gasteiger partial charge in [0.05, 0.1) is 12.5 Å². The van der Waals surface area contributed by atoms with Crippen molar-refractivity contribution in [2.45, 2.75) is 48.0 Å². The summed E-state index contributed by atoms with van der Waals surface area (Å²) in [5.41, 5.74) is 0.0529. The summed E-state index contributed by atoms with van der Waals surface area (Å²) >= 11 is 0. The van der Waals surface area contributed by atoms with E-state index >= 15 is 0 Å². The number of nitriles is 1. The van der Waals surface area contributed by atoms with Crippen LogP contribution in [0.2, 0.25) is 0 Å². The number of nitrogens with zero attached hydrogens (tertiary/aromatic N) is 1. The van der Waals surface area contributed by atoms with E-state index in [0.717, 1.165) is 5.56 Å². The summed E-state index contributed by atoms with van der Waals surface area (Å²) in [6, 6.07) is 9.19. The molecule has 0 spiro atoms. The van der Waals surface area contributed by atoms with Gasteiger partial charge >= 0.3 is 11.9 Å². The van der Waals surface area contributed by atoms with Gasteiger partial charge in [0.1, 0.15) is 30.6 Å². The van der Waals surface area contributed by atoms with Gasteiger partial charge in [-0.3, -0.25) is 4.79 Å². The molecule has 0 saturated heterocycles. The number of methoxy groups -OCH3 is 1. The number of allylic oxidation sites excluding steroid dienone is 2. The van der Waals surface area contributed by atoms with Crippen molar-refractivity contribution >= 4 is 18.0 Å². The molecule has 1 aromatic rings. The third-order valence-corrected chi connectivity index (χ3v) is 5.17. The molecule has 1 unspecified atom stereocenters. The van der Waals surface area contributed by atoms with E-state index in [2.05, 4.69) is 20.8 Å². The van der Waals surface area contributed by atoms with E-state index in [1.165, 1.54) is 6.08 Å². The van der Waals surface area contributed by atoms with Gasteiger partial charge in [0.15, 0.2) is 0 Å². The molecular formula is C26H35NO5. The predicted octanol–water partition coefficient (Wildman–Crippen LogP) is 5.34. The molecule has 0 heterocycles. The van der Waals surface area contributed by atoms with Crippen LogP contribution in [-0.2, 0) is 19.1 Å². The van der Waals surface area contributed by atoms with Gasteiger partial charge in [-0.2, -0.15) is 5.26 Å². The van der Waals surface area contributed by atoms with E-state index in [1.807, 2.05) is 51.1 Å². The molecule has 0 saturated carbocycles. The maximum atomic E-state index is 12.7. The van der Waals surface area contributed by atoms with Crippen molar-refractivity contribution in [2.75, 3.05) is 20.3 Å². The number of hydrogen-bond acceptors (Lipinski definition) is 6. The molecule has 0 bridgehead atoms. The summed E-state index contributed by atoms with van der Waals surface area (Å²) in [4.78, 5) is 24.8. The van der Waals surface area contributed by atoms with Gasteiger partial charge in [-0.05, 0) is 48.4 Å². The van der Waals surface area contributed by atoms with Crippen molar-refractivity contribution in [1.82, 2.24) is 0 Å². The third kappa shape index (κ3) is 8.58. The van der Waals surface area contributed by atoms with Crippen LogP contribution in [0.15, 0.2) is 42.0 Å². The maximum absolute atomic E-state index is 12.7. The van der Waals surface area contributed by atoms with Gasteiger partial charge in [-0.25, -0.2) is 4.79 Å². The van der Waals surface area contributed by atoms with Crippen molar-refractivity contribution in [2.24, 2.45) is 16.7 Å². The lowest BCUT2D eigenvalue weighted by Crippen LogP contribution is -2.39. The Labute approximate surface area is 191 Å². The van der Waals surface area contributed by atoms with Crippen molar-refractivity contribution in [3.05, 3.63) is 47.6 Å². The number of hydrogen-bond donors (Lipinski definition) is 0. The van der Waals surface area contributed by atoms with Crippen LogP contribution in [0.5, 0.6) is 5.75 Å². The van der Waals surface area contributed by atoms with Crippen LogP contribution in [0.25, 0.3) is 6.08 Å².